The van der Waals surface area contributed by atoms with Gasteiger partial charge in [0.1, 0.15) is 0 Å². The SMILES string of the molecule is CC(=O)OC[C@H]1[C@@H](C=C(C)C)C1(C)C. The van der Waals surface area contributed by atoms with Crippen LogP contribution in [0.15, 0.2) is 11.6 Å². The summed E-state index contributed by atoms with van der Waals surface area (Å²) in [6.07, 6.45) is 2.29. The number of hydrogen-bond donors (Lipinski definition) is 0. The highest BCUT2D eigenvalue weighted by molar-refractivity contribution is 5.65. The maximum Gasteiger partial charge on any atom is 0.302 e. The van der Waals surface area contributed by atoms with Crippen molar-refractivity contribution >= 4 is 5.97 Å². The van der Waals surface area contributed by atoms with Gasteiger partial charge < -0.3 is 4.74 Å². The van der Waals surface area contributed by atoms with E-state index in [0.717, 1.165) is 0 Å². The van der Waals surface area contributed by atoms with E-state index >= 15 is 0 Å². The van der Waals surface area contributed by atoms with E-state index in [9.17, 15) is 4.79 Å². The van der Waals surface area contributed by atoms with Gasteiger partial charge in [0, 0.05) is 12.8 Å². The highest BCUT2D eigenvalue weighted by Gasteiger charge is 2.56. The third kappa shape index (κ3) is 2.37. The molecule has 0 aliphatic heterocycles. The van der Waals surface area contributed by atoms with E-state index in [1.165, 1.54) is 12.5 Å². The lowest BCUT2D eigenvalue weighted by Gasteiger charge is -2.02. The second-order valence-electron chi connectivity index (χ2n) is 5.00. The van der Waals surface area contributed by atoms with E-state index in [1.54, 1.807) is 0 Å². The van der Waals surface area contributed by atoms with Gasteiger partial charge in [0.05, 0.1) is 6.61 Å². The summed E-state index contributed by atoms with van der Waals surface area (Å²) in [7, 11) is 0. The van der Waals surface area contributed by atoms with Crippen LogP contribution in [0.25, 0.3) is 0 Å². The Morgan fingerprint density at radius 3 is 2.36 bits per heavy atom. The second kappa shape index (κ2) is 3.76. The summed E-state index contributed by atoms with van der Waals surface area (Å²) in [4.78, 5) is 10.7. The standard InChI is InChI=1S/C12H20O2/c1-8(2)6-10-11(12(10,4)5)7-14-9(3)13/h6,10-11H,7H2,1-5H3/t10-,11+/m1/s1. The fourth-order valence-electron chi connectivity index (χ4n) is 2.00. The first-order valence-corrected chi connectivity index (χ1v) is 5.14. The predicted molar refractivity (Wildman–Crippen MR) is 56.8 cm³/mol. The van der Waals surface area contributed by atoms with Crippen LogP contribution in [0.5, 0.6) is 0 Å². The largest absolute Gasteiger partial charge is 0.466 e. The van der Waals surface area contributed by atoms with Crippen molar-refractivity contribution in [3.8, 4) is 0 Å². The van der Waals surface area contributed by atoms with Crippen molar-refractivity contribution in [3.05, 3.63) is 11.6 Å². The summed E-state index contributed by atoms with van der Waals surface area (Å²) < 4.78 is 5.05. The van der Waals surface area contributed by atoms with Gasteiger partial charge in [0.15, 0.2) is 0 Å². The molecule has 0 aromatic rings. The number of esters is 1. The number of carbonyl (C=O) groups is 1. The predicted octanol–water partition coefficient (Wildman–Crippen LogP) is 2.79. The van der Waals surface area contributed by atoms with E-state index in [4.69, 9.17) is 4.74 Å². The molecule has 1 fully saturated rings. The van der Waals surface area contributed by atoms with E-state index in [-0.39, 0.29) is 5.97 Å². The Kier molecular flexibility index (Phi) is 3.03. The molecule has 14 heavy (non-hydrogen) atoms. The maximum atomic E-state index is 10.7. The number of hydrogen-bond acceptors (Lipinski definition) is 2. The van der Waals surface area contributed by atoms with E-state index in [2.05, 4.69) is 33.8 Å². The molecular weight excluding hydrogens is 176 g/mol. The lowest BCUT2D eigenvalue weighted by Crippen LogP contribution is -2.05. The van der Waals surface area contributed by atoms with Crippen LogP contribution in [-0.4, -0.2) is 12.6 Å². The highest BCUT2D eigenvalue weighted by atomic mass is 16.5. The molecule has 0 aromatic carbocycles. The third-order valence-electron chi connectivity index (χ3n) is 3.12. The molecule has 0 N–H and O–H groups in total. The van der Waals surface area contributed by atoms with Gasteiger partial charge in [-0.2, -0.15) is 0 Å². The summed E-state index contributed by atoms with van der Waals surface area (Å²) in [5, 5.41) is 0. The zero-order valence-corrected chi connectivity index (χ0v) is 9.76. The molecule has 0 unspecified atom stereocenters. The van der Waals surface area contributed by atoms with E-state index < -0.39 is 0 Å². The molecule has 1 aliphatic rings. The van der Waals surface area contributed by atoms with Gasteiger partial charge in [-0.05, 0) is 25.2 Å². The zero-order valence-electron chi connectivity index (χ0n) is 9.76. The quantitative estimate of drug-likeness (QED) is 0.512. The van der Waals surface area contributed by atoms with Gasteiger partial charge in [-0.3, -0.25) is 4.79 Å². The summed E-state index contributed by atoms with van der Waals surface area (Å²) in [5.41, 5.74) is 1.64. The molecule has 2 atom stereocenters. The molecule has 1 aliphatic carbocycles. The van der Waals surface area contributed by atoms with Crippen molar-refractivity contribution < 1.29 is 9.53 Å². The van der Waals surface area contributed by atoms with Crippen molar-refractivity contribution in [2.75, 3.05) is 6.61 Å². The lowest BCUT2D eigenvalue weighted by molar-refractivity contribution is -0.141. The molecule has 0 radical (unpaired) electrons. The summed E-state index contributed by atoms with van der Waals surface area (Å²) in [5.74, 6) is 0.900. The van der Waals surface area contributed by atoms with Crippen LogP contribution < -0.4 is 0 Å². The van der Waals surface area contributed by atoms with Gasteiger partial charge >= 0.3 is 5.97 Å². The van der Waals surface area contributed by atoms with Crippen LogP contribution in [-0.2, 0) is 9.53 Å². The Labute approximate surface area is 86.3 Å². The van der Waals surface area contributed by atoms with Crippen LogP contribution in [0.2, 0.25) is 0 Å². The molecular formula is C12H20O2. The van der Waals surface area contributed by atoms with Crippen LogP contribution in [0, 0.1) is 17.3 Å². The van der Waals surface area contributed by atoms with Crippen LogP contribution >= 0.6 is 0 Å². The monoisotopic (exact) mass is 196 g/mol. The Morgan fingerprint density at radius 2 is 1.93 bits per heavy atom. The molecule has 2 heteroatoms. The fraction of sp³-hybridized carbons (Fsp3) is 0.750. The summed E-state index contributed by atoms with van der Waals surface area (Å²) in [6, 6.07) is 0. The van der Waals surface area contributed by atoms with Crippen molar-refractivity contribution in [1.82, 2.24) is 0 Å². The van der Waals surface area contributed by atoms with Gasteiger partial charge in [-0.1, -0.05) is 25.5 Å². The van der Waals surface area contributed by atoms with Crippen LogP contribution in [0.3, 0.4) is 0 Å². The minimum atomic E-state index is -0.177. The topological polar surface area (TPSA) is 26.3 Å². The molecule has 0 bridgehead atoms. The first kappa shape index (κ1) is 11.3. The average molecular weight is 196 g/mol. The van der Waals surface area contributed by atoms with Crippen molar-refractivity contribution in [1.29, 1.82) is 0 Å². The Morgan fingerprint density at radius 1 is 1.36 bits per heavy atom. The number of carbonyl (C=O) groups excluding carboxylic acids is 1. The van der Waals surface area contributed by atoms with Gasteiger partial charge in [0.25, 0.3) is 0 Å². The van der Waals surface area contributed by atoms with Gasteiger partial charge in [-0.15, -0.1) is 0 Å². The average Bonchev–Trinajstić information content (AvgIpc) is 2.48. The molecule has 0 spiro atoms. The van der Waals surface area contributed by atoms with Crippen LogP contribution in [0.4, 0.5) is 0 Å². The van der Waals surface area contributed by atoms with Gasteiger partial charge in [0.2, 0.25) is 0 Å². The fourth-order valence-corrected chi connectivity index (χ4v) is 2.00. The Balaban J connectivity index is 2.49. The summed E-state index contributed by atoms with van der Waals surface area (Å²) in [6.45, 7) is 10.7. The molecule has 0 heterocycles. The number of rotatable bonds is 3. The maximum absolute atomic E-state index is 10.7. The molecule has 0 saturated heterocycles. The number of ether oxygens (including phenoxy) is 1. The van der Waals surface area contributed by atoms with Crippen molar-refractivity contribution in [2.45, 2.75) is 34.6 Å². The molecule has 1 saturated carbocycles. The molecule has 0 aromatic heterocycles. The lowest BCUT2D eigenvalue weighted by atomic mass is 10.1. The molecule has 80 valence electrons. The smallest absolute Gasteiger partial charge is 0.302 e. The van der Waals surface area contributed by atoms with Gasteiger partial charge in [-0.25, -0.2) is 0 Å². The number of allylic oxidation sites excluding steroid dienone is 2. The Bertz CT molecular complexity index is 259. The normalized spacial score (nSPS) is 28.1. The minimum absolute atomic E-state index is 0.177. The zero-order chi connectivity index (χ0) is 10.9. The first-order chi connectivity index (χ1) is 6.35. The minimum Gasteiger partial charge on any atom is -0.466 e. The summed E-state index contributed by atoms with van der Waals surface area (Å²) >= 11 is 0. The molecule has 1 rings (SSSR count). The van der Waals surface area contributed by atoms with E-state index in [1.807, 2.05) is 0 Å². The Hall–Kier alpha value is -0.790. The first-order valence-electron chi connectivity index (χ1n) is 5.14. The van der Waals surface area contributed by atoms with Crippen LogP contribution in [0.1, 0.15) is 34.6 Å². The second-order valence-corrected chi connectivity index (χ2v) is 5.00. The highest BCUT2D eigenvalue weighted by Crippen LogP contribution is 2.59. The molecule has 2 nitrogen and oxygen atoms in total. The van der Waals surface area contributed by atoms with E-state index in [0.29, 0.717) is 23.9 Å². The third-order valence-corrected chi connectivity index (χ3v) is 3.12. The molecule has 0 amide bonds. The van der Waals surface area contributed by atoms with Crippen molar-refractivity contribution in [3.63, 3.8) is 0 Å². The van der Waals surface area contributed by atoms with Crippen molar-refractivity contribution in [2.24, 2.45) is 17.3 Å².